The van der Waals surface area contributed by atoms with Crippen molar-refractivity contribution in [1.82, 2.24) is 4.90 Å². The summed E-state index contributed by atoms with van der Waals surface area (Å²) in [6.45, 7) is 2.13. The van der Waals surface area contributed by atoms with Crippen LogP contribution in [-0.4, -0.2) is 41.7 Å². The summed E-state index contributed by atoms with van der Waals surface area (Å²) in [4.78, 5) is 12.5. The van der Waals surface area contributed by atoms with E-state index in [0.717, 1.165) is 19.4 Å². The third-order valence-corrected chi connectivity index (χ3v) is 2.07. The van der Waals surface area contributed by atoms with Crippen LogP contribution in [0.4, 0.5) is 0 Å². The van der Waals surface area contributed by atoms with Gasteiger partial charge in [-0.1, -0.05) is 0 Å². The van der Waals surface area contributed by atoms with Crippen molar-refractivity contribution in [2.45, 2.75) is 18.9 Å². The number of carboxylic acids is 1. The van der Waals surface area contributed by atoms with E-state index in [9.17, 15) is 4.79 Å². The van der Waals surface area contributed by atoms with Gasteiger partial charge in [0.25, 0.3) is 0 Å². The molecule has 64 valence electrons. The molecule has 4 heteroatoms. The Bertz CT molecular complexity index is 149. The highest BCUT2D eigenvalue weighted by Crippen LogP contribution is 2.15. The van der Waals surface area contributed by atoms with Gasteiger partial charge < -0.3 is 10.8 Å². The van der Waals surface area contributed by atoms with Gasteiger partial charge >= 0.3 is 5.97 Å². The molecular weight excluding hydrogens is 144 g/mol. The van der Waals surface area contributed by atoms with Crippen molar-refractivity contribution in [3.63, 3.8) is 0 Å². The zero-order chi connectivity index (χ0) is 8.27. The predicted octanol–water partition coefficient (Wildman–Crippen LogP) is -0.506. The fraction of sp³-hybridized carbons (Fsp3) is 0.857. The zero-order valence-corrected chi connectivity index (χ0v) is 6.49. The van der Waals surface area contributed by atoms with Crippen molar-refractivity contribution in [3.8, 4) is 0 Å². The molecule has 0 bridgehead atoms. The van der Waals surface area contributed by atoms with Gasteiger partial charge in [0.15, 0.2) is 0 Å². The molecule has 0 aromatic rings. The first-order chi connectivity index (χ1) is 5.25. The third-order valence-electron chi connectivity index (χ3n) is 2.07. The van der Waals surface area contributed by atoms with Gasteiger partial charge in [0.05, 0.1) is 0 Å². The summed E-state index contributed by atoms with van der Waals surface area (Å²) in [6, 6.07) is -0.279. The molecular formula is C7H14N2O2. The third kappa shape index (κ3) is 1.91. The van der Waals surface area contributed by atoms with Crippen LogP contribution in [-0.2, 0) is 4.79 Å². The van der Waals surface area contributed by atoms with Crippen LogP contribution in [0.15, 0.2) is 0 Å². The molecule has 1 unspecified atom stereocenters. The Labute approximate surface area is 66.0 Å². The molecule has 0 radical (unpaired) electrons. The second-order valence-corrected chi connectivity index (χ2v) is 2.82. The Morgan fingerprint density at radius 2 is 2.45 bits per heavy atom. The smallest absolute Gasteiger partial charge is 0.320 e. The molecule has 1 saturated heterocycles. The highest BCUT2D eigenvalue weighted by molar-refractivity contribution is 5.73. The van der Waals surface area contributed by atoms with Gasteiger partial charge in [-0.3, -0.25) is 9.69 Å². The van der Waals surface area contributed by atoms with Crippen molar-refractivity contribution in [3.05, 3.63) is 0 Å². The molecule has 11 heavy (non-hydrogen) atoms. The Kier molecular flexibility index (Phi) is 2.84. The van der Waals surface area contributed by atoms with Crippen LogP contribution in [0.1, 0.15) is 12.8 Å². The number of hydrogen-bond donors (Lipinski definition) is 2. The van der Waals surface area contributed by atoms with Crippen LogP contribution in [0.25, 0.3) is 0 Å². The Balaban J connectivity index is 2.44. The van der Waals surface area contributed by atoms with E-state index in [4.69, 9.17) is 10.8 Å². The molecule has 0 aromatic heterocycles. The van der Waals surface area contributed by atoms with Gasteiger partial charge in [-0.15, -0.1) is 0 Å². The van der Waals surface area contributed by atoms with Crippen LogP contribution >= 0.6 is 0 Å². The van der Waals surface area contributed by atoms with Crippen molar-refractivity contribution in [2.24, 2.45) is 5.73 Å². The van der Waals surface area contributed by atoms with Gasteiger partial charge in [0.1, 0.15) is 6.04 Å². The van der Waals surface area contributed by atoms with Crippen LogP contribution in [0.2, 0.25) is 0 Å². The number of nitrogens with zero attached hydrogens (tertiary/aromatic N) is 1. The molecule has 1 atom stereocenters. The minimum atomic E-state index is -0.712. The lowest BCUT2D eigenvalue weighted by Gasteiger charge is -2.19. The summed E-state index contributed by atoms with van der Waals surface area (Å²) >= 11 is 0. The highest BCUT2D eigenvalue weighted by Gasteiger charge is 2.29. The maximum absolute atomic E-state index is 10.6. The second-order valence-electron chi connectivity index (χ2n) is 2.82. The lowest BCUT2D eigenvalue weighted by Crippen LogP contribution is -2.38. The summed E-state index contributed by atoms with van der Waals surface area (Å²) in [5.74, 6) is -0.712. The first kappa shape index (κ1) is 8.49. The maximum Gasteiger partial charge on any atom is 0.320 e. The highest BCUT2D eigenvalue weighted by atomic mass is 16.4. The quantitative estimate of drug-likeness (QED) is 0.580. The topological polar surface area (TPSA) is 66.6 Å². The molecule has 1 rings (SSSR count). The van der Waals surface area contributed by atoms with Crippen LogP contribution in [0.5, 0.6) is 0 Å². The van der Waals surface area contributed by atoms with Crippen LogP contribution < -0.4 is 5.73 Å². The maximum atomic E-state index is 10.6. The Morgan fingerprint density at radius 3 is 3.00 bits per heavy atom. The molecule has 3 N–H and O–H groups in total. The van der Waals surface area contributed by atoms with Gasteiger partial charge in [-0.05, 0) is 19.4 Å². The monoisotopic (exact) mass is 158 g/mol. The number of carboxylic acid groups (broad SMARTS) is 1. The molecule has 1 aliphatic rings. The first-order valence-electron chi connectivity index (χ1n) is 3.92. The van der Waals surface area contributed by atoms with Crippen LogP contribution in [0, 0.1) is 0 Å². The minimum absolute atomic E-state index is 0.279. The van der Waals surface area contributed by atoms with E-state index < -0.39 is 5.97 Å². The largest absolute Gasteiger partial charge is 0.480 e. The molecule has 0 saturated carbocycles. The lowest BCUT2D eigenvalue weighted by atomic mass is 10.2. The van der Waals surface area contributed by atoms with Crippen molar-refractivity contribution >= 4 is 5.97 Å². The van der Waals surface area contributed by atoms with Gasteiger partial charge in [0.2, 0.25) is 0 Å². The molecule has 0 aromatic carbocycles. The zero-order valence-electron chi connectivity index (χ0n) is 6.49. The molecule has 4 nitrogen and oxygen atoms in total. The Morgan fingerprint density at radius 1 is 1.73 bits per heavy atom. The number of likely N-dealkylation sites (tertiary alicyclic amines) is 1. The standard InChI is InChI=1S/C7H14N2O2/c8-3-5-9-4-1-2-6(9)7(10)11/h6H,1-5,8H2,(H,10,11). The summed E-state index contributed by atoms with van der Waals surface area (Å²) < 4.78 is 0. The fourth-order valence-electron chi connectivity index (χ4n) is 1.54. The number of nitrogens with two attached hydrogens (primary N) is 1. The van der Waals surface area contributed by atoms with Gasteiger partial charge in [-0.25, -0.2) is 0 Å². The first-order valence-corrected chi connectivity index (χ1v) is 3.92. The second kappa shape index (κ2) is 3.69. The lowest BCUT2D eigenvalue weighted by molar-refractivity contribution is -0.142. The number of carbonyl (C=O) groups is 1. The number of rotatable bonds is 3. The van der Waals surface area contributed by atoms with E-state index in [1.807, 2.05) is 4.90 Å². The predicted molar refractivity (Wildman–Crippen MR) is 41.3 cm³/mol. The van der Waals surface area contributed by atoms with Gasteiger partial charge in [-0.2, -0.15) is 0 Å². The fourth-order valence-corrected chi connectivity index (χ4v) is 1.54. The van der Waals surface area contributed by atoms with Gasteiger partial charge in [0, 0.05) is 13.1 Å². The van der Waals surface area contributed by atoms with Crippen molar-refractivity contribution < 1.29 is 9.90 Å². The van der Waals surface area contributed by atoms with E-state index in [0.29, 0.717) is 13.1 Å². The SMILES string of the molecule is NCCN1CCCC1C(=O)O. The average Bonchev–Trinajstić information content (AvgIpc) is 2.36. The van der Waals surface area contributed by atoms with Crippen LogP contribution in [0.3, 0.4) is 0 Å². The molecule has 1 heterocycles. The van der Waals surface area contributed by atoms with Crippen molar-refractivity contribution in [2.75, 3.05) is 19.6 Å². The molecule has 1 fully saturated rings. The van der Waals surface area contributed by atoms with E-state index in [1.165, 1.54) is 0 Å². The van der Waals surface area contributed by atoms with E-state index in [2.05, 4.69) is 0 Å². The number of aliphatic carboxylic acids is 1. The summed E-state index contributed by atoms with van der Waals surface area (Å²) in [5, 5.41) is 8.73. The van der Waals surface area contributed by atoms with E-state index in [-0.39, 0.29) is 6.04 Å². The Hall–Kier alpha value is -0.610. The van der Waals surface area contributed by atoms with E-state index in [1.54, 1.807) is 0 Å². The normalized spacial score (nSPS) is 25.7. The molecule has 1 aliphatic heterocycles. The molecule has 0 amide bonds. The average molecular weight is 158 g/mol. The summed E-state index contributed by atoms with van der Waals surface area (Å²) in [7, 11) is 0. The summed E-state index contributed by atoms with van der Waals surface area (Å²) in [6.07, 6.45) is 1.76. The van der Waals surface area contributed by atoms with Crippen molar-refractivity contribution in [1.29, 1.82) is 0 Å². The van der Waals surface area contributed by atoms with E-state index >= 15 is 0 Å². The molecule has 0 aliphatic carbocycles. The molecule has 0 spiro atoms. The minimum Gasteiger partial charge on any atom is -0.480 e. The number of hydrogen-bond acceptors (Lipinski definition) is 3. The summed E-state index contributed by atoms with van der Waals surface area (Å²) in [5.41, 5.74) is 5.34.